The molecule has 1 aliphatic rings. The smallest absolute Gasteiger partial charge is 0.266 e. The van der Waals surface area contributed by atoms with Gasteiger partial charge in [-0.2, -0.15) is 0 Å². The number of nitrogens with zero attached hydrogens (tertiary/aromatic N) is 1. The van der Waals surface area contributed by atoms with E-state index in [1.54, 1.807) is 30.3 Å². The van der Waals surface area contributed by atoms with Crippen molar-refractivity contribution >= 4 is 67.8 Å². The Morgan fingerprint density at radius 2 is 2.04 bits per heavy atom. The minimum absolute atomic E-state index is 0.131. The Labute approximate surface area is 181 Å². The van der Waals surface area contributed by atoms with E-state index in [0.29, 0.717) is 21.5 Å². The molecule has 1 N–H and O–H groups in total. The molecule has 0 unspecified atom stereocenters. The third-order valence-electron chi connectivity index (χ3n) is 3.77. The minimum Gasteiger partial charge on any atom is -0.494 e. The Morgan fingerprint density at radius 3 is 2.71 bits per heavy atom. The van der Waals surface area contributed by atoms with Crippen molar-refractivity contribution in [2.75, 3.05) is 18.5 Å². The molecule has 144 valence electrons. The van der Waals surface area contributed by atoms with Gasteiger partial charge in [0.05, 0.1) is 11.5 Å². The highest BCUT2D eigenvalue weighted by molar-refractivity contribution is 9.10. The second kappa shape index (κ2) is 9.36. The lowest BCUT2D eigenvalue weighted by molar-refractivity contribution is -0.126. The van der Waals surface area contributed by atoms with Crippen LogP contribution in [0, 0.1) is 0 Å². The summed E-state index contributed by atoms with van der Waals surface area (Å²) in [6, 6.07) is 14.7. The van der Waals surface area contributed by atoms with Gasteiger partial charge < -0.3 is 10.1 Å². The number of hydrogen-bond donors (Lipinski definition) is 1. The first-order chi connectivity index (χ1) is 13.5. The first kappa shape index (κ1) is 20.6. The van der Waals surface area contributed by atoms with Crippen molar-refractivity contribution in [3.05, 3.63) is 63.5 Å². The van der Waals surface area contributed by atoms with Crippen molar-refractivity contribution in [1.82, 2.24) is 4.90 Å². The van der Waals surface area contributed by atoms with Crippen LogP contribution in [-0.4, -0.2) is 34.2 Å². The molecule has 0 saturated carbocycles. The highest BCUT2D eigenvalue weighted by Gasteiger charge is 2.33. The number of carbonyl (C=O) groups is 2. The summed E-state index contributed by atoms with van der Waals surface area (Å²) in [5.41, 5.74) is 1.51. The number of benzene rings is 2. The van der Waals surface area contributed by atoms with Crippen LogP contribution in [-0.2, 0) is 9.59 Å². The molecule has 1 fully saturated rings. The number of halogens is 1. The predicted molar refractivity (Wildman–Crippen MR) is 120 cm³/mol. The molecule has 3 rings (SSSR count). The van der Waals surface area contributed by atoms with Gasteiger partial charge in [0.15, 0.2) is 0 Å². The van der Waals surface area contributed by atoms with Gasteiger partial charge in [0.2, 0.25) is 5.91 Å². The van der Waals surface area contributed by atoms with Gasteiger partial charge in [-0.05, 0) is 55.0 Å². The summed E-state index contributed by atoms with van der Waals surface area (Å²) in [5.74, 6) is 0.149. The number of anilines is 1. The summed E-state index contributed by atoms with van der Waals surface area (Å²) in [6.45, 7) is 2.35. The fraction of sp³-hybridized carbons (Fsp3) is 0.150. The first-order valence-corrected chi connectivity index (χ1v) is 10.5. The van der Waals surface area contributed by atoms with Crippen LogP contribution in [0.15, 0.2) is 57.9 Å². The molecule has 5 nitrogen and oxygen atoms in total. The second-order valence-electron chi connectivity index (χ2n) is 5.83. The summed E-state index contributed by atoms with van der Waals surface area (Å²) in [5, 5.41) is 2.77. The van der Waals surface area contributed by atoms with Gasteiger partial charge in [0, 0.05) is 10.2 Å². The molecule has 1 heterocycles. The van der Waals surface area contributed by atoms with Crippen LogP contribution in [0.3, 0.4) is 0 Å². The highest BCUT2D eigenvalue weighted by atomic mass is 79.9. The molecule has 1 aliphatic heterocycles. The lowest BCUT2D eigenvalue weighted by atomic mass is 10.2. The third kappa shape index (κ3) is 5.21. The maximum absolute atomic E-state index is 12.7. The Balaban J connectivity index is 1.64. The van der Waals surface area contributed by atoms with Gasteiger partial charge in [0.1, 0.15) is 16.6 Å². The highest BCUT2D eigenvalue weighted by Crippen LogP contribution is 2.32. The summed E-state index contributed by atoms with van der Waals surface area (Å²) >= 11 is 9.89. The summed E-state index contributed by atoms with van der Waals surface area (Å²) < 4.78 is 6.67. The average molecular weight is 477 g/mol. The standard InChI is InChI=1S/C20H17BrN2O3S2/c1-2-26-16-8-6-15(7-9-16)22-18(24)12-23-19(25)17(28-20(23)27)11-13-4-3-5-14(21)10-13/h3-11H,2,12H2,1H3,(H,22,24)/b17-11+. The third-order valence-corrected chi connectivity index (χ3v) is 5.64. The van der Waals surface area contributed by atoms with Crippen molar-refractivity contribution in [2.45, 2.75) is 6.92 Å². The quantitative estimate of drug-likeness (QED) is 0.484. The normalized spacial score (nSPS) is 15.2. The van der Waals surface area contributed by atoms with Crippen molar-refractivity contribution in [1.29, 1.82) is 0 Å². The van der Waals surface area contributed by atoms with Crippen LogP contribution in [0.25, 0.3) is 6.08 Å². The number of hydrogen-bond acceptors (Lipinski definition) is 5. The Kier molecular flexibility index (Phi) is 6.88. The van der Waals surface area contributed by atoms with Crippen molar-refractivity contribution in [3.8, 4) is 5.75 Å². The lowest BCUT2D eigenvalue weighted by Gasteiger charge is -2.14. The largest absolute Gasteiger partial charge is 0.494 e. The maximum Gasteiger partial charge on any atom is 0.266 e. The van der Waals surface area contributed by atoms with Gasteiger partial charge >= 0.3 is 0 Å². The molecular formula is C20H17BrN2O3S2. The van der Waals surface area contributed by atoms with Gasteiger partial charge in [-0.3, -0.25) is 14.5 Å². The van der Waals surface area contributed by atoms with E-state index in [0.717, 1.165) is 15.8 Å². The van der Waals surface area contributed by atoms with Crippen molar-refractivity contribution in [3.63, 3.8) is 0 Å². The second-order valence-corrected chi connectivity index (χ2v) is 8.42. The lowest BCUT2D eigenvalue weighted by Crippen LogP contribution is -2.36. The SMILES string of the molecule is CCOc1ccc(NC(=O)CN2C(=O)/C(=C\c3cccc(Br)c3)SC2=S)cc1. The minimum atomic E-state index is -0.316. The fourth-order valence-electron chi connectivity index (χ4n) is 2.53. The van der Waals surface area contributed by atoms with E-state index >= 15 is 0 Å². The number of rotatable bonds is 6. The molecule has 1 saturated heterocycles. The molecule has 8 heteroatoms. The Bertz CT molecular complexity index is 945. The molecule has 2 aromatic carbocycles. The summed E-state index contributed by atoms with van der Waals surface area (Å²) in [7, 11) is 0. The van der Waals surface area contributed by atoms with E-state index in [2.05, 4.69) is 21.2 Å². The summed E-state index contributed by atoms with van der Waals surface area (Å²) in [6.07, 6.45) is 1.77. The maximum atomic E-state index is 12.7. The van der Waals surface area contributed by atoms with E-state index < -0.39 is 0 Å². The number of thiocarbonyl (C=S) groups is 1. The van der Waals surface area contributed by atoms with Crippen molar-refractivity contribution in [2.24, 2.45) is 0 Å². The molecule has 2 aromatic rings. The molecule has 0 atom stereocenters. The topological polar surface area (TPSA) is 58.6 Å². The van der Waals surface area contributed by atoms with E-state index in [1.807, 2.05) is 31.2 Å². The van der Waals surface area contributed by atoms with Gasteiger partial charge in [-0.25, -0.2) is 0 Å². The number of carbonyl (C=O) groups excluding carboxylic acids is 2. The zero-order valence-electron chi connectivity index (χ0n) is 15.0. The molecule has 28 heavy (non-hydrogen) atoms. The number of nitrogens with one attached hydrogen (secondary N) is 1. The fourth-order valence-corrected chi connectivity index (χ4v) is 4.20. The van der Waals surface area contributed by atoms with Crippen LogP contribution in [0.4, 0.5) is 5.69 Å². The van der Waals surface area contributed by atoms with E-state index in [-0.39, 0.29) is 18.4 Å². The Hall–Kier alpha value is -2.16. The van der Waals surface area contributed by atoms with Gasteiger partial charge in [-0.1, -0.05) is 52.0 Å². The van der Waals surface area contributed by atoms with E-state index in [1.165, 1.54) is 16.7 Å². The van der Waals surface area contributed by atoms with E-state index in [9.17, 15) is 9.59 Å². The van der Waals surface area contributed by atoms with Crippen LogP contribution in [0.2, 0.25) is 0 Å². The molecule has 2 amide bonds. The van der Waals surface area contributed by atoms with Crippen molar-refractivity contribution < 1.29 is 14.3 Å². The van der Waals surface area contributed by atoms with Gasteiger partial charge in [0.25, 0.3) is 5.91 Å². The molecule has 0 radical (unpaired) electrons. The molecule has 0 aromatic heterocycles. The Morgan fingerprint density at radius 1 is 1.29 bits per heavy atom. The zero-order valence-corrected chi connectivity index (χ0v) is 18.2. The van der Waals surface area contributed by atoms with E-state index in [4.69, 9.17) is 17.0 Å². The summed E-state index contributed by atoms with van der Waals surface area (Å²) in [4.78, 5) is 26.8. The van der Waals surface area contributed by atoms with Crippen LogP contribution < -0.4 is 10.1 Å². The molecular weight excluding hydrogens is 460 g/mol. The molecule has 0 aliphatic carbocycles. The number of thioether (sulfide) groups is 1. The first-order valence-electron chi connectivity index (χ1n) is 8.50. The monoisotopic (exact) mass is 476 g/mol. The molecule has 0 spiro atoms. The zero-order chi connectivity index (χ0) is 20.1. The number of amides is 2. The molecule has 0 bridgehead atoms. The average Bonchev–Trinajstić information content (AvgIpc) is 2.91. The van der Waals surface area contributed by atoms with Crippen LogP contribution >= 0.6 is 39.9 Å². The van der Waals surface area contributed by atoms with Crippen LogP contribution in [0.1, 0.15) is 12.5 Å². The van der Waals surface area contributed by atoms with Gasteiger partial charge in [-0.15, -0.1) is 0 Å². The van der Waals surface area contributed by atoms with Crippen LogP contribution in [0.5, 0.6) is 5.75 Å². The number of ether oxygens (including phenoxy) is 1. The predicted octanol–water partition coefficient (Wildman–Crippen LogP) is 4.69.